The predicted octanol–water partition coefficient (Wildman–Crippen LogP) is 3.30. The van der Waals surface area contributed by atoms with Crippen molar-refractivity contribution in [3.63, 3.8) is 0 Å². The van der Waals surface area contributed by atoms with E-state index in [1.807, 2.05) is 51.4 Å². The van der Waals surface area contributed by atoms with Gasteiger partial charge in [-0.15, -0.1) is 0 Å². The number of carbonyl (C=O) groups excluding carboxylic acids is 2. The van der Waals surface area contributed by atoms with E-state index in [9.17, 15) is 9.59 Å². The van der Waals surface area contributed by atoms with Gasteiger partial charge in [0.2, 0.25) is 11.9 Å². The van der Waals surface area contributed by atoms with Crippen LogP contribution in [-0.4, -0.2) is 52.3 Å². The van der Waals surface area contributed by atoms with Gasteiger partial charge in [-0.3, -0.25) is 9.59 Å². The molecule has 2 aromatic rings. The second-order valence-corrected chi connectivity index (χ2v) is 8.12. The average molecular weight is 459 g/mol. The van der Waals surface area contributed by atoms with Crippen LogP contribution in [0.25, 0.3) is 11.4 Å². The first kappa shape index (κ1) is 22.7. The molecule has 0 spiro atoms. The number of primary amides is 1. The molecule has 4 rings (SSSR count). The minimum Gasteiger partial charge on any atom is -0.366 e. The Morgan fingerprint density at radius 2 is 1.85 bits per heavy atom. The lowest BCUT2D eigenvalue weighted by atomic mass is 10.1. The summed E-state index contributed by atoms with van der Waals surface area (Å²) in [6.07, 6.45) is 1.67. The summed E-state index contributed by atoms with van der Waals surface area (Å²) in [6.45, 7) is 2.24. The van der Waals surface area contributed by atoms with Crippen LogP contribution in [0.5, 0.6) is 0 Å². The van der Waals surface area contributed by atoms with Crippen molar-refractivity contribution in [2.45, 2.75) is 6.92 Å². The SMILES string of the molecule is Cc1ccc(NC(=O)CN(C)C)cc1Nc1nc(Nc2ccccc2C(N)=O)c2ccnc-2[nH]1. The number of aryl methyl sites for hydroxylation is 1. The first-order valence-electron chi connectivity index (χ1n) is 10.6. The fourth-order valence-corrected chi connectivity index (χ4v) is 3.48. The molecule has 0 saturated carbocycles. The Morgan fingerprint density at radius 1 is 1.06 bits per heavy atom. The van der Waals surface area contributed by atoms with Gasteiger partial charge in [-0.1, -0.05) is 18.2 Å². The van der Waals surface area contributed by atoms with Crippen molar-refractivity contribution in [2.75, 3.05) is 36.6 Å². The number of hydrogen-bond donors (Lipinski definition) is 5. The van der Waals surface area contributed by atoms with E-state index in [0.717, 1.165) is 16.8 Å². The quantitative estimate of drug-likeness (QED) is 0.273. The maximum absolute atomic E-state index is 12.1. The summed E-state index contributed by atoms with van der Waals surface area (Å²) < 4.78 is 0. The standard InChI is InChI=1S/C24H26N8O2/c1-14-8-9-15(27-20(33)13-32(2)3)12-19(14)29-24-30-22-17(10-11-26-22)23(31-24)28-18-7-5-4-6-16(18)21(25)34/h4-12H,13H2,1-3H3,(H2,25,34)(H,27,33)(H3,26,28,29,30,31). The summed E-state index contributed by atoms with van der Waals surface area (Å²) in [7, 11) is 3.68. The molecule has 10 heteroatoms. The van der Waals surface area contributed by atoms with E-state index in [2.05, 4.69) is 30.9 Å². The number of nitrogens with two attached hydrogens (primary N) is 1. The zero-order chi connectivity index (χ0) is 24.2. The van der Waals surface area contributed by atoms with Crippen molar-refractivity contribution in [1.29, 1.82) is 0 Å². The minimum atomic E-state index is -0.537. The Balaban J connectivity index is 1.64. The zero-order valence-corrected chi connectivity index (χ0v) is 19.1. The predicted molar refractivity (Wildman–Crippen MR) is 133 cm³/mol. The molecule has 0 radical (unpaired) electrons. The summed E-state index contributed by atoms with van der Waals surface area (Å²) >= 11 is 0. The molecule has 0 aliphatic carbocycles. The number of nitrogens with zero attached hydrogens (tertiary/aromatic N) is 3. The second kappa shape index (κ2) is 9.59. The Morgan fingerprint density at radius 3 is 2.62 bits per heavy atom. The molecular formula is C24H26N8O2. The van der Waals surface area contributed by atoms with E-state index in [1.165, 1.54) is 0 Å². The highest BCUT2D eigenvalue weighted by atomic mass is 16.2. The molecule has 2 heterocycles. The molecule has 174 valence electrons. The maximum atomic E-state index is 12.1. The van der Waals surface area contributed by atoms with Gasteiger partial charge < -0.3 is 31.6 Å². The van der Waals surface area contributed by atoms with Gasteiger partial charge in [0, 0.05) is 17.6 Å². The Bertz CT molecular complexity index is 1310. The van der Waals surface area contributed by atoms with Gasteiger partial charge in [-0.25, -0.2) is 4.98 Å². The normalized spacial score (nSPS) is 10.9. The minimum absolute atomic E-state index is 0.105. The number of para-hydroxylation sites is 1. The topological polar surface area (TPSA) is 141 Å². The highest BCUT2D eigenvalue weighted by Crippen LogP contribution is 2.32. The van der Waals surface area contributed by atoms with Crippen LogP contribution in [0.4, 0.5) is 28.8 Å². The number of carbonyl (C=O) groups is 2. The number of aromatic nitrogens is 3. The van der Waals surface area contributed by atoms with Gasteiger partial charge >= 0.3 is 0 Å². The van der Waals surface area contributed by atoms with Gasteiger partial charge in [-0.2, -0.15) is 4.98 Å². The molecule has 0 bridgehead atoms. The number of fused-ring (bicyclic) bond motifs is 1. The number of hydrogen-bond acceptors (Lipinski definition) is 7. The average Bonchev–Trinajstić information content (AvgIpc) is 3.25. The fraction of sp³-hybridized carbons (Fsp3) is 0.167. The number of aromatic amines is 1. The maximum Gasteiger partial charge on any atom is 0.250 e. The lowest BCUT2D eigenvalue weighted by Crippen LogP contribution is -2.27. The summed E-state index contributed by atoms with van der Waals surface area (Å²) in [5, 5.41) is 9.37. The van der Waals surface area contributed by atoms with E-state index in [0.29, 0.717) is 34.5 Å². The number of rotatable bonds is 8. The molecule has 0 saturated heterocycles. The van der Waals surface area contributed by atoms with Crippen molar-refractivity contribution < 1.29 is 9.59 Å². The van der Waals surface area contributed by atoms with E-state index in [1.54, 1.807) is 29.3 Å². The molecule has 2 amide bonds. The Hall–Kier alpha value is -4.44. The van der Waals surface area contributed by atoms with Gasteiger partial charge in [0.1, 0.15) is 11.6 Å². The van der Waals surface area contributed by atoms with Gasteiger partial charge in [0.15, 0.2) is 0 Å². The van der Waals surface area contributed by atoms with Crippen molar-refractivity contribution in [2.24, 2.45) is 5.73 Å². The van der Waals surface area contributed by atoms with Gasteiger partial charge in [-0.05, 0) is 56.9 Å². The van der Waals surface area contributed by atoms with Crippen LogP contribution in [0.3, 0.4) is 0 Å². The summed E-state index contributed by atoms with van der Waals surface area (Å²) in [4.78, 5) is 38.0. The zero-order valence-electron chi connectivity index (χ0n) is 19.1. The molecule has 34 heavy (non-hydrogen) atoms. The summed E-state index contributed by atoms with van der Waals surface area (Å²) in [5.74, 6) is 0.918. The molecule has 0 aromatic heterocycles. The number of H-pyrrole nitrogens is 1. The van der Waals surface area contributed by atoms with Gasteiger partial charge in [0.05, 0.1) is 23.4 Å². The number of nitrogens with one attached hydrogen (secondary N) is 4. The monoisotopic (exact) mass is 458 g/mol. The molecule has 10 nitrogen and oxygen atoms in total. The third-order valence-corrected chi connectivity index (χ3v) is 5.10. The molecule has 6 N–H and O–H groups in total. The molecule has 2 aliphatic rings. The van der Waals surface area contributed by atoms with E-state index >= 15 is 0 Å². The van der Waals surface area contributed by atoms with Crippen molar-refractivity contribution in [3.05, 3.63) is 65.9 Å². The van der Waals surface area contributed by atoms with Crippen LogP contribution >= 0.6 is 0 Å². The molecule has 0 fully saturated rings. The number of amides is 2. The molecule has 2 aromatic carbocycles. The molecule has 2 aliphatic heterocycles. The van der Waals surface area contributed by atoms with E-state index in [-0.39, 0.29) is 12.5 Å². The second-order valence-electron chi connectivity index (χ2n) is 8.12. The number of benzene rings is 2. The van der Waals surface area contributed by atoms with Crippen LogP contribution in [0.1, 0.15) is 15.9 Å². The Labute approximate surface area is 196 Å². The van der Waals surface area contributed by atoms with Crippen LogP contribution < -0.4 is 21.7 Å². The van der Waals surface area contributed by atoms with Crippen LogP contribution in [0, 0.1) is 6.92 Å². The third-order valence-electron chi connectivity index (χ3n) is 5.10. The lowest BCUT2D eigenvalue weighted by Gasteiger charge is -2.16. The Kier molecular flexibility index (Phi) is 6.42. The van der Waals surface area contributed by atoms with Crippen LogP contribution in [-0.2, 0) is 4.79 Å². The van der Waals surface area contributed by atoms with Gasteiger partial charge in [0.25, 0.3) is 5.91 Å². The van der Waals surface area contributed by atoms with E-state index in [4.69, 9.17) is 5.73 Å². The van der Waals surface area contributed by atoms with Crippen LogP contribution in [0.15, 0.2) is 54.7 Å². The highest BCUT2D eigenvalue weighted by molar-refractivity contribution is 5.99. The number of likely N-dealkylation sites (N-methyl/N-ethyl adjacent to an activating group) is 1. The molecule has 0 unspecified atom stereocenters. The van der Waals surface area contributed by atoms with Crippen molar-refractivity contribution in [3.8, 4) is 11.4 Å². The lowest BCUT2D eigenvalue weighted by molar-refractivity contribution is -0.116. The summed E-state index contributed by atoms with van der Waals surface area (Å²) in [6, 6.07) is 14.4. The smallest absolute Gasteiger partial charge is 0.250 e. The first-order chi connectivity index (χ1) is 16.3. The first-order valence-corrected chi connectivity index (χ1v) is 10.6. The number of anilines is 5. The molecule has 0 atom stereocenters. The largest absolute Gasteiger partial charge is 0.366 e. The van der Waals surface area contributed by atoms with Crippen molar-refractivity contribution >= 4 is 40.6 Å². The highest BCUT2D eigenvalue weighted by Gasteiger charge is 2.17. The van der Waals surface area contributed by atoms with E-state index < -0.39 is 5.91 Å². The molecular weight excluding hydrogens is 432 g/mol. The fourth-order valence-electron chi connectivity index (χ4n) is 3.48. The third kappa shape index (κ3) is 5.13. The summed E-state index contributed by atoms with van der Waals surface area (Å²) in [5.41, 5.74) is 9.58. The van der Waals surface area contributed by atoms with Crippen LogP contribution in [0.2, 0.25) is 0 Å². The van der Waals surface area contributed by atoms with Crippen molar-refractivity contribution in [1.82, 2.24) is 19.9 Å².